The number of aromatic nitrogens is 2. The molecule has 4 heteroatoms. The number of rotatable bonds is 4. The van der Waals surface area contributed by atoms with Gasteiger partial charge in [-0.2, -0.15) is 0 Å². The van der Waals surface area contributed by atoms with Gasteiger partial charge in [0.15, 0.2) is 11.4 Å². The molecule has 0 saturated carbocycles. The van der Waals surface area contributed by atoms with E-state index in [4.69, 9.17) is 22.8 Å². The number of ether oxygens (including phenoxy) is 1. The van der Waals surface area contributed by atoms with Crippen molar-refractivity contribution < 1.29 is 4.74 Å². The minimum Gasteiger partial charge on any atom is -0.485 e. The van der Waals surface area contributed by atoms with Crippen molar-refractivity contribution in [1.82, 2.24) is 9.38 Å². The zero-order valence-corrected chi connectivity index (χ0v) is 13.0. The first kappa shape index (κ1) is 14.5. The first-order valence-electron chi connectivity index (χ1n) is 6.97. The number of halogens is 1. The van der Waals surface area contributed by atoms with Crippen molar-refractivity contribution in [3.8, 4) is 18.1 Å². The molecule has 3 aromatic rings. The highest BCUT2D eigenvalue weighted by Gasteiger charge is 2.12. The number of benzene rings is 1. The molecule has 110 valence electrons. The lowest BCUT2D eigenvalue weighted by Crippen LogP contribution is -1.99. The summed E-state index contributed by atoms with van der Waals surface area (Å²) in [4.78, 5) is 4.58. The molecule has 0 amide bonds. The summed E-state index contributed by atoms with van der Waals surface area (Å²) in [5.74, 6) is 3.39. The van der Waals surface area contributed by atoms with Crippen molar-refractivity contribution in [2.24, 2.45) is 0 Å². The Kier molecular flexibility index (Phi) is 4.04. The molecule has 2 heterocycles. The third-order valence-corrected chi connectivity index (χ3v) is 3.89. The number of nitrogens with zero attached hydrogens (tertiary/aromatic N) is 2. The second kappa shape index (κ2) is 6.13. The molecule has 0 spiro atoms. The fourth-order valence-electron chi connectivity index (χ4n) is 2.40. The van der Waals surface area contributed by atoms with Gasteiger partial charge in [0, 0.05) is 16.8 Å². The third-order valence-electron chi connectivity index (χ3n) is 3.52. The van der Waals surface area contributed by atoms with Gasteiger partial charge in [0.1, 0.15) is 6.61 Å². The molecule has 0 aliphatic carbocycles. The maximum atomic E-state index is 6.16. The molecule has 0 bridgehead atoms. The predicted octanol–water partition coefficient (Wildman–Crippen LogP) is 4.05. The summed E-state index contributed by atoms with van der Waals surface area (Å²) in [7, 11) is 0. The lowest BCUT2D eigenvalue weighted by Gasteiger charge is -2.09. The lowest BCUT2D eigenvalue weighted by atomic mass is 10.2. The molecule has 0 saturated heterocycles. The van der Waals surface area contributed by atoms with Crippen LogP contribution in [0.2, 0.25) is 5.02 Å². The second-order valence-corrected chi connectivity index (χ2v) is 5.38. The van der Waals surface area contributed by atoms with E-state index in [0.717, 1.165) is 22.6 Å². The Bertz CT molecular complexity index is 861. The van der Waals surface area contributed by atoms with E-state index in [0.29, 0.717) is 23.8 Å². The van der Waals surface area contributed by atoms with Gasteiger partial charge in [0.2, 0.25) is 0 Å². The average molecular weight is 311 g/mol. The molecule has 22 heavy (non-hydrogen) atoms. The van der Waals surface area contributed by atoms with Crippen LogP contribution >= 0.6 is 11.6 Å². The number of pyridine rings is 1. The van der Waals surface area contributed by atoms with Crippen molar-refractivity contribution in [2.45, 2.75) is 20.0 Å². The van der Waals surface area contributed by atoms with E-state index in [1.165, 1.54) is 0 Å². The van der Waals surface area contributed by atoms with Crippen molar-refractivity contribution in [2.75, 3.05) is 0 Å². The van der Waals surface area contributed by atoms with Gasteiger partial charge in [-0.25, -0.2) is 4.98 Å². The van der Waals surface area contributed by atoms with Crippen LogP contribution in [0, 0.1) is 19.3 Å². The van der Waals surface area contributed by atoms with E-state index in [2.05, 4.69) is 10.9 Å². The summed E-state index contributed by atoms with van der Waals surface area (Å²) in [6.07, 6.45) is 7.92. The van der Waals surface area contributed by atoms with E-state index < -0.39 is 0 Å². The normalized spacial score (nSPS) is 10.6. The van der Waals surface area contributed by atoms with Crippen LogP contribution in [0.3, 0.4) is 0 Å². The maximum Gasteiger partial charge on any atom is 0.180 e. The Morgan fingerprint density at radius 3 is 2.86 bits per heavy atom. The number of fused-ring (bicyclic) bond motifs is 1. The fourth-order valence-corrected chi connectivity index (χ4v) is 2.59. The van der Waals surface area contributed by atoms with E-state index in [9.17, 15) is 0 Å². The molecular weight excluding hydrogens is 296 g/mol. The Morgan fingerprint density at radius 1 is 1.27 bits per heavy atom. The van der Waals surface area contributed by atoms with E-state index in [1.54, 1.807) is 0 Å². The predicted molar refractivity (Wildman–Crippen MR) is 88.3 cm³/mol. The number of hydrogen-bond donors (Lipinski definition) is 0. The molecule has 0 unspecified atom stereocenters. The molecule has 2 aromatic heterocycles. The lowest BCUT2D eigenvalue weighted by molar-refractivity contribution is 0.308. The van der Waals surface area contributed by atoms with Crippen molar-refractivity contribution in [1.29, 1.82) is 0 Å². The van der Waals surface area contributed by atoms with Crippen LogP contribution < -0.4 is 4.74 Å². The monoisotopic (exact) mass is 310 g/mol. The standard InChI is InChI=1S/C18H15ClN2O/c1-3-7-16-13(2)20-18-17(10-6-11-21(16)18)22-12-14-8-4-5-9-15(14)19/h1,4-6,8-11H,7,12H2,2H3. The Labute approximate surface area is 134 Å². The van der Waals surface area contributed by atoms with Crippen LogP contribution in [0.15, 0.2) is 42.6 Å². The summed E-state index contributed by atoms with van der Waals surface area (Å²) in [5, 5.41) is 0.696. The molecule has 0 atom stereocenters. The molecule has 0 radical (unpaired) electrons. The van der Waals surface area contributed by atoms with Crippen LogP contribution in [0.1, 0.15) is 17.0 Å². The van der Waals surface area contributed by atoms with Crippen LogP contribution in [0.25, 0.3) is 5.65 Å². The highest BCUT2D eigenvalue weighted by molar-refractivity contribution is 6.31. The highest BCUT2D eigenvalue weighted by Crippen LogP contribution is 2.24. The summed E-state index contributed by atoms with van der Waals surface area (Å²) in [6, 6.07) is 11.5. The molecule has 3 rings (SSSR count). The van der Waals surface area contributed by atoms with Crippen molar-refractivity contribution in [3.63, 3.8) is 0 Å². The van der Waals surface area contributed by atoms with Gasteiger partial charge in [0.05, 0.1) is 17.8 Å². The SMILES string of the molecule is C#CCc1c(C)nc2c(OCc3ccccc3Cl)cccn12. The smallest absolute Gasteiger partial charge is 0.180 e. The van der Waals surface area contributed by atoms with E-state index in [-0.39, 0.29) is 0 Å². The molecular formula is C18H15ClN2O. The first-order chi connectivity index (χ1) is 10.7. The quantitative estimate of drug-likeness (QED) is 0.680. The van der Waals surface area contributed by atoms with Crippen LogP contribution in [-0.2, 0) is 13.0 Å². The topological polar surface area (TPSA) is 26.5 Å². The summed E-state index contributed by atoms with van der Waals surface area (Å²) < 4.78 is 7.90. The Morgan fingerprint density at radius 2 is 2.09 bits per heavy atom. The third kappa shape index (κ3) is 2.66. The Hall–Kier alpha value is -2.44. The van der Waals surface area contributed by atoms with Crippen molar-refractivity contribution in [3.05, 3.63) is 64.6 Å². The second-order valence-electron chi connectivity index (χ2n) is 4.97. The molecule has 0 aliphatic heterocycles. The highest BCUT2D eigenvalue weighted by atomic mass is 35.5. The zero-order valence-electron chi connectivity index (χ0n) is 12.2. The number of aryl methyl sites for hydroxylation is 1. The van der Waals surface area contributed by atoms with Gasteiger partial charge in [0.25, 0.3) is 0 Å². The minimum absolute atomic E-state index is 0.399. The van der Waals surface area contributed by atoms with Gasteiger partial charge in [-0.05, 0) is 25.1 Å². The molecule has 3 nitrogen and oxygen atoms in total. The maximum absolute atomic E-state index is 6.16. The Balaban J connectivity index is 1.93. The summed E-state index contributed by atoms with van der Waals surface area (Å²) in [5.41, 5.74) is 3.66. The minimum atomic E-state index is 0.399. The van der Waals surface area contributed by atoms with E-state index in [1.807, 2.05) is 53.9 Å². The van der Waals surface area contributed by atoms with Gasteiger partial charge in [-0.15, -0.1) is 12.3 Å². The van der Waals surface area contributed by atoms with Crippen LogP contribution in [-0.4, -0.2) is 9.38 Å². The zero-order chi connectivity index (χ0) is 15.5. The fraction of sp³-hybridized carbons (Fsp3) is 0.167. The number of hydrogen-bond acceptors (Lipinski definition) is 2. The molecule has 0 fully saturated rings. The molecule has 0 aliphatic rings. The van der Waals surface area contributed by atoms with Gasteiger partial charge in [-0.1, -0.05) is 29.8 Å². The summed E-state index contributed by atoms with van der Waals surface area (Å²) in [6.45, 7) is 2.35. The van der Waals surface area contributed by atoms with Gasteiger partial charge in [-0.3, -0.25) is 4.40 Å². The summed E-state index contributed by atoms with van der Waals surface area (Å²) >= 11 is 6.16. The number of terminal acetylenes is 1. The van der Waals surface area contributed by atoms with E-state index >= 15 is 0 Å². The molecule has 0 N–H and O–H groups in total. The van der Waals surface area contributed by atoms with Gasteiger partial charge < -0.3 is 4.74 Å². The van der Waals surface area contributed by atoms with Crippen LogP contribution in [0.4, 0.5) is 0 Å². The average Bonchev–Trinajstić information content (AvgIpc) is 2.84. The number of imidazole rings is 1. The largest absolute Gasteiger partial charge is 0.485 e. The van der Waals surface area contributed by atoms with Crippen molar-refractivity contribution >= 4 is 17.2 Å². The first-order valence-corrected chi connectivity index (χ1v) is 7.34. The van der Waals surface area contributed by atoms with Crippen LogP contribution in [0.5, 0.6) is 5.75 Å². The molecule has 1 aromatic carbocycles. The van der Waals surface area contributed by atoms with Gasteiger partial charge >= 0.3 is 0 Å².